The van der Waals surface area contributed by atoms with Crippen LogP contribution >= 0.6 is 0 Å². The van der Waals surface area contributed by atoms with Crippen LogP contribution in [-0.2, 0) is 9.84 Å². The molecule has 0 amide bonds. The van der Waals surface area contributed by atoms with Gasteiger partial charge in [0, 0.05) is 32.7 Å². The molecular weight excluding hydrogens is 292 g/mol. The highest BCUT2D eigenvalue weighted by molar-refractivity contribution is 7.96. The van der Waals surface area contributed by atoms with Crippen LogP contribution in [0.2, 0.25) is 0 Å². The van der Waals surface area contributed by atoms with Gasteiger partial charge in [0.25, 0.3) is 0 Å². The number of nitrogens with one attached hydrogen (secondary N) is 1. The molecule has 0 saturated carbocycles. The average molecular weight is 308 g/mol. The van der Waals surface area contributed by atoms with Crippen molar-refractivity contribution >= 4 is 21.9 Å². The van der Waals surface area contributed by atoms with Crippen molar-refractivity contribution in [2.75, 3.05) is 32.7 Å². The van der Waals surface area contributed by atoms with Crippen molar-refractivity contribution < 1.29 is 18.3 Å². The standard InChI is InChI=1S/C14H16N2O4S/c17-14(18)12-3-1-2-10-8-11(21(19,20)13(10)12)9-16-6-4-15-5-7-16/h1-3,8,15H,4-7,9H2,(H,17,18). The summed E-state index contributed by atoms with van der Waals surface area (Å²) in [4.78, 5) is 13.5. The van der Waals surface area contributed by atoms with Crippen molar-refractivity contribution in [3.63, 3.8) is 0 Å². The number of carbonyl (C=O) groups is 1. The van der Waals surface area contributed by atoms with Gasteiger partial charge in [-0.1, -0.05) is 12.1 Å². The van der Waals surface area contributed by atoms with Crippen molar-refractivity contribution in [3.8, 4) is 0 Å². The number of hydrogen-bond donors (Lipinski definition) is 2. The summed E-state index contributed by atoms with van der Waals surface area (Å²) in [5.41, 5.74) is 0.319. The van der Waals surface area contributed by atoms with Gasteiger partial charge in [0.05, 0.1) is 15.4 Å². The first-order chi connectivity index (χ1) is 10.00. The van der Waals surface area contributed by atoms with Crippen LogP contribution in [0.4, 0.5) is 0 Å². The van der Waals surface area contributed by atoms with Crippen molar-refractivity contribution in [2.24, 2.45) is 0 Å². The maximum Gasteiger partial charge on any atom is 0.337 e. The number of sulfone groups is 1. The molecule has 2 aliphatic heterocycles. The second-order valence-corrected chi connectivity index (χ2v) is 7.11. The minimum atomic E-state index is -3.70. The molecule has 0 aliphatic carbocycles. The van der Waals surface area contributed by atoms with Gasteiger partial charge in [0.2, 0.25) is 9.84 Å². The third kappa shape index (κ3) is 2.48. The number of fused-ring (bicyclic) bond motifs is 1. The SMILES string of the molecule is O=C(O)c1cccc2c1S(=O)(=O)C(CN1CCNCC1)=C2. The fraction of sp³-hybridized carbons (Fsp3) is 0.357. The van der Waals surface area contributed by atoms with Crippen LogP contribution in [0.5, 0.6) is 0 Å². The molecule has 7 heteroatoms. The van der Waals surface area contributed by atoms with Crippen molar-refractivity contribution in [2.45, 2.75) is 4.90 Å². The van der Waals surface area contributed by atoms with Gasteiger partial charge < -0.3 is 10.4 Å². The first-order valence-corrected chi connectivity index (χ1v) is 8.23. The Bertz CT molecular complexity index is 718. The highest BCUT2D eigenvalue weighted by Crippen LogP contribution is 2.35. The molecule has 1 aromatic rings. The lowest BCUT2D eigenvalue weighted by Crippen LogP contribution is -2.44. The van der Waals surface area contributed by atoms with Crippen molar-refractivity contribution in [3.05, 3.63) is 34.2 Å². The summed E-state index contributed by atoms with van der Waals surface area (Å²) < 4.78 is 25.2. The molecule has 1 fully saturated rings. The molecule has 0 radical (unpaired) electrons. The first kappa shape index (κ1) is 14.2. The predicted molar refractivity (Wildman–Crippen MR) is 77.9 cm³/mol. The number of carboxylic acid groups (broad SMARTS) is 1. The highest BCUT2D eigenvalue weighted by Gasteiger charge is 2.34. The lowest BCUT2D eigenvalue weighted by atomic mass is 10.1. The monoisotopic (exact) mass is 308 g/mol. The Morgan fingerprint density at radius 2 is 2.00 bits per heavy atom. The van der Waals surface area contributed by atoms with Gasteiger partial charge in [-0.25, -0.2) is 13.2 Å². The third-order valence-corrected chi connectivity index (χ3v) is 5.73. The second-order valence-electron chi connectivity index (χ2n) is 5.17. The van der Waals surface area contributed by atoms with Crippen LogP contribution in [0.15, 0.2) is 28.0 Å². The van der Waals surface area contributed by atoms with E-state index in [1.807, 2.05) is 0 Å². The van der Waals surface area contributed by atoms with E-state index < -0.39 is 15.8 Å². The summed E-state index contributed by atoms with van der Waals surface area (Å²) in [6, 6.07) is 4.55. The Kier molecular flexibility index (Phi) is 3.56. The van der Waals surface area contributed by atoms with Gasteiger partial charge in [-0.3, -0.25) is 4.90 Å². The number of nitrogens with zero attached hydrogens (tertiary/aromatic N) is 1. The lowest BCUT2D eigenvalue weighted by Gasteiger charge is -2.27. The molecule has 2 aliphatic rings. The van der Waals surface area contributed by atoms with E-state index >= 15 is 0 Å². The fourth-order valence-corrected chi connectivity index (χ4v) is 4.52. The minimum absolute atomic E-state index is 0.0670. The van der Waals surface area contributed by atoms with E-state index in [-0.39, 0.29) is 15.4 Å². The quantitative estimate of drug-likeness (QED) is 0.841. The van der Waals surface area contributed by atoms with E-state index in [1.54, 1.807) is 18.2 Å². The Balaban J connectivity index is 1.96. The van der Waals surface area contributed by atoms with Crippen LogP contribution in [0, 0.1) is 0 Å². The third-order valence-electron chi connectivity index (χ3n) is 3.80. The van der Waals surface area contributed by atoms with Crippen LogP contribution in [0.25, 0.3) is 6.08 Å². The lowest BCUT2D eigenvalue weighted by molar-refractivity contribution is 0.0692. The zero-order chi connectivity index (χ0) is 15.0. The van der Waals surface area contributed by atoms with Crippen molar-refractivity contribution in [1.29, 1.82) is 0 Å². The Labute approximate surface area is 123 Å². The molecule has 3 rings (SSSR count). The number of aromatic carboxylic acids is 1. The van der Waals surface area contributed by atoms with Gasteiger partial charge in [0.1, 0.15) is 0 Å². The molecular formula is C14H16N2O4S. The molecule has 6 nitrogen and oxygen atoms in total. The molecule has 2 N–H and O–H groups in total. The molecule has 0 bridgehead atoms. The number of hydrogen-bond acceptors (Lipinski definition) is 5. The van der Waals surface area contributed by atoms with E-state index in [9.17, 15) is 18.3 Å². The Morgan fingerprint density at radius 1 is 1.29 bits per heavy atom. The van der Waals surface area contributed by atoms with Gasteiger partial charge in [-0.15, -0.1) is 0 Å². The molecule has 1 saturated heterocycles. The topological polar surface area (TPSA) is 86.7 Å². The summed E-state index contributed by atoms with van der Waals surface area (Å²) in [7, 11) is -3.70. The summed E-state index contributed by atoms with van der Waals surface area (Å²) in [6.07, 6.45) is 1.60. The number of piperazine rings is 1. The highest BCUT2D eigenvalue weighted by atomic mass is 32.2. The molecule has 0 atom stereocenters. The van der Waals surface area contributed by atoms with E-state index in [0.29, 0.717) is 12.1 Å². The zero-order valence-electron chi connectivity index (χ0n) is 11.4. The van der Waals surface area contributed by atoms with Crippen LogP contribution in [0.3, 0.4) is 0 Å². The molecule has 0 unspecified atom stereocenters. The Hall–Kier alpha value is -1.70. The average Bonchev–Trinajstić information content (AvgIpc) is 2.71. The van der Waals surface area contributed by atoms with Crippen LogP contribution < -0.4 is 5.32 Å². The maximum absolute atomic E-state index is 12.6. The molecule has 21 heavy (non-hydrogen) atoms. The van der Waals surface area contributed by atoms with E-state index in [2.05, 4.69) is 10.2 Å². The summed E-state index contributed by atoms with van der Waals surface area (Å²) in [6.45, 7) is 3.57. The number of carboxylic acids is 1. The van der Waals surface area contributed by atoms with E-state index in [1.165, 1.54) is 6.07 Å². The van der Waals surface area contributed by atoms with E-state index in [0.717, 1.165) is 26.2 Å². The summed E-state index contributed by atoms with van der Waals surface area (Å²) in [5.74, 6) is -1.22. The summed E-state index contributed by atoms with van der Waals surface area (Å²) >= 11 is 0. The second kappa shape index (κ2) is 5.25. The van der Waals surface area contributed by atoms with Gasteiger partial charge in [-0.2, -0.15) is 0 Å². The molecule has 112 valence electrons. The maximum atomic E-state index is 12.6. The summed E-state index contributed by atoms with van der Waals surface area (Å²) in [5, 5.41) is 12.4. The zero-order valence-corrected chi connectivity index (χ0v) is 12.2. The van der Waals surface area contributed by atoms with Gasteiger partial charge in [-0.05, 0) is 17.7 Å². The predicted octanol–water partition coefficient (Wildman–Crippen LogP) is 0.418. The normalized spacial score (nSPS) is 20.9. The molecule has 2 heterocycles. The van der Waals surface area contributed by atoms with Gasteiger partial charge >= 0.3 is 5.97 Å². The van der Waals surface area contributed by atoms with Crippen LogP contribution in [-0.4, -0.2) is 57.1 Å². The molecule has 0 spiro atoms. The minimum Gasteiger partial charge on any atom is -0.478 e. The number of benzene rings is 1. The number of rotatable bonds is 3. The first-order valence-electron chi connectivity index (χ1n) is 6.75. The van der Waals surface area contributed by atoms with Gasteiger partial charge in [0.15, 0.2) is 0 Å². The van der Waals surface area contributed by atoms with Crippen LogP contribution in [0.1, 0.15) is 15.9 Å². The largest absolute Gasteiger partial charge is 0.478 e. The Morgan fingerprint density at radius 3 is 2.67 bits per heavy atom. The fourth-order valence-electron chi connectivity index (χ4n) is 2.74. The smallest absolute Gasteiger partial charge is 0.337 e. The molecule has 1 aromatic carbocycles. The molecule has 0 aromatic heterocycles. The van der Waals surface area contributed by atoms with E-state index in [4.69, 9.17) is 0 Å². The van der Waals surface area contributed by atoms with Crippen molar-refractivity contribution in [1.82, 2.24) is 10.2 Å².